The van der Waals surface area contributed by atoms with Crippen molar-refractivity contribution in [3.05, 3.63) is 28.7 Å². The second kappa shape index (κ2) is 6.34. The van der Waals surface area contributed by atoms with Crippen LogP contribution in [-0.4, -0.2) is 38.4 Å². The van der Waals surface area contributed by atoms with Gasteiger partial charge in [0.1, 0.15) is 0 Å². The molecule has 1 aliphatic rings. The zero-order valence-electron chi connectivity index (χ0n) is 9.97. The minimum absolute atomic E-state index is 0. The van der Waals surface area contributed by atoms with Crippen LogP contribution in [0.5, 0.6) is 0 Å². The molecule has 1 fully saturated rings. The number of piperazine rings is 1. The maximum Gasteiger partial charge on any atom is 0.243 e. The van der Waals surface area contributed by atoms with E-state index in [1.165, 1.54) is 4.31 Å². The smallest absolute Gasteiger partial charge is 0.243 e. The van der Waals surface area contributed by atoms with Crippen molar-refractivity contribution in [2.45, 2.75) is 17.9 Å². The molecule has 0 spiro atoms. The molecule has 1 aliphatic heterocycles. The van der Waals surface area contributed by atoms with Crippen LogP contribution in [0, 0.1) is 0 Å². The Morgan fingerprint density at radius 1 is 1.33 bits per heavy atom. The summed E-state index contributed by atoms with van der Waals surface area (Å²) in [6, 6.07) is 6.96. The first kappa shape index (κ1) is 15.9. The van der Waals surface area contributed by atoms with Gasteiger partial charge in [-0.25, -0.2) is 8.42 Å². The SMILES string of the molecule is C[C@H]1CN(S(=O)(=O)c2ccc(Br)cc2)CCN1.Cl. The van der Waals surface area contributed by atoms with E-state index >= 15 is 0 Å². The van der Waals surface area contributed by atoms with E-state index in [0.29, 0.717) is 24.5 Å². The quantitative estimate of drug-likeness (QED) is 0.881. The van der Waals surface area contributed by atoms with Gasteiger partial charge in [0.25, 0.3) is 0 Å². The molecule has 0 aromatic heterocycles. The van der Waals surface area contributed by atoms with Crippen LogP contribution in [-0.2, 0) is 10.0 Å². The lowest BCUT2D eigenvalue weighted by molar-refractivity contribution is 0.310. The molecule has 1 aromatic carbocycles. The van der Waals surface area contributed by atoms with Crippen molar-refractivity contribution in [3.8, 4) is 0 Å². The first-order valence-corrected chi connectivity index (χ1v) is 7.72. The first-order chi connectivity index (χ1) is 8.00. The van der Waals surface area contributed by atoms with Gasteiger partial charge in [-0.2, -0.15) is 4.31 Å². The van der Waals surface area contributed by atoms with Gasteiger partial charge in [0.15, 0.2) is 0 Å². The fourth-order valence-electron chi connectivity index (χ4n) is 1.87. The molecule has 1 aromatic rings. The maximum absolute atomic E-state index is 12.3. The van der Waals surface area contributed by atoms with Crippen LogP contribution in [0.4, 0.5) is 0 Å². The van der Waals surface area contributed by atoms with E-state index in [2.05, 4.69) is 21.2 Å². The Kier molecular flexibility index (Phi) is 5.61. The fourth-order valence-corrected chi connectivity index (χ4v) is 3.66. The third-order valence-electron chi connectivity index (χ3n) is 2.78. The highest BCUT2D eigenvalue weighted by Gasteiger charge is 2.28. The fraction of sp³-hybridized carbons (Fsp3) is 0.455. The molecule has 4 nitrogen and oxygen atoms in total. The van der Waals surface area contributed by atoms with Crippen molar-refractivity contribution in [2.75, 3.05) is 19.6 Å². The summed E-state index contributed by atoms with van der Waals surface area (Å²) in [5, 5.41) is 3.23. The van der Waals surface area contributed by atoms with Gasteiger partial charge in [0, 0.05) is 30.1 Å². The number of rotatable bonds is 2. The van der Waals surface area contributed by atoms with E-state index < -0.39 is 10.0 Å². The lowest BCUT2D eigenvalue weighted by Gasteiger charge is -2.30. The molecule has 2 rings (SSSR count). The summed E-state index contributed by atoms with van der Waals surface area (Å²) < 4.78 is 27.1. The highest BCUT2D eigenvalue weighted by molar-refractivity contribution is 9.10. The molecule has 1 N–H and O–H groups in total. The van der Waals surface area contributed by atoms with Gasteiger partial charge < -0.3 is 5.32 Å². The highest BCUT2D eigenvalue weighted by Crippen LogP contribution is 2.19. The van der Waals surface area contributed by atoms with E-state index in [1.807, 2.05) is 6.92 Å². The molecule has 0 aliphatic carbocycles. The minimum Gasteiger partial charge on any atom is -0.312 e. The van der Waals surface area contributed by atoms with Gasteiger partial charge in [-0.15, -0.1) is 12.4 Å². The lowest BCUT2D eigenvalue weighted by Crippen LogP contribution is -2.51. The Morgan fingerprint density at radius 3 is 2.50 bits per heavy atom. The minimum atomic E-state index is -3.34. The monoisotopic (exact) mass is 354 g/mol. The predicted molar refractivity (Wildman–Crippen MR) is 77.6 cm³/mol. The van der Waals surface area contributed by atoms with Crippen LogP contribution in [0.25, 0.3) is 0 Å². The number of nitrogens with one attached hydrogen (secondary N) is 1. The van der Waals surface area contributed by atoms with E-state index in [0.717, 1.165) is 4.47 Å². The molecule has 0 amide bonds. The van der Waals surface area contributed by atoms with Crippen LogP contribution in [0.1, 0.15) is 6.92 Å². The van der Waals surface area contributed by atoms with Crippen LogP contribution in [0.15, 0.2) is 33.6 Å². The number of hydrogen-bond donors (Lipinski definition) is 1. The molecular weight excluding hydrogens is 340 g/mol. The molecule has 1 atom stereocenters. The topological polar surface area (TPSA) is 49.4 Å². The summed E-state index contributed by atoms with van der Waals surface area (Å²) >= 11 is 3.30. The zero-order chi connectivity index (χ0) is 12.5. The Morgan fingerprint density at radius 2 is 1.94 bits per heavy atom. The zero-order valence-corrected chi connectivity index (χ0v) is 13.2. The van der Waals surface area contributed by atoms with E-state index in [4.69, 9.17) is 0 Å². The van der Waals surface area contributed by atoms with Gasteiger partial charge in [0.05, 0.1) is 4.90 Å². The van der Waals surface area contributed by atoms with Crippen molar-refractivity contribution in [1.82, 2.24) is 9.62 Å². The van der Waals surface area contributed by atoms with Gasteiger partial charge in [0.2, 0.25) is 10.0 Å². The second-order valence-corrected chi connectivity index (χ2v) is 7.03. The van der Waals surface area contributed by atoms with Gasteiger partial charge >= 0.3 is 0 Å². The standard InChI is InChI=1S/C11H15BrN2O2S.ClH/c1-9-8-14(7-6-13-9)17(15,16)11-4-2-10(12)3-5-11;/h2-5,9,13H,6-8H2,1H3;1H/t9-;/m0./s1. The first-order valence-electron chi connectivity index (χ1n) is 5.49. The summed E-state index contributed by atoms with van der Waals surface area (Å²) in [6.45, 7) is 3.75. The van der Waals surface area contributed by atoms with Crippen molar-refractivity contribution >= 4 is 38.4 Å². The van der Waals surface area contributed by atoms with Crippen molar-refractivity contribution in [1.29, 1.82) is 0 Å². The molecule has 7 heteroatoms. The van der Waals surface area contributed by atoms with Gasteiger partial charge in [-0.05, 0) is 31.2 Å². The summed E-state index contributed by atoms with van der Waals surface area (Å²) in [6.07, 6.45) is 0. The van der Waals surface area contributed by atoms with Crippen molar-refractivity contribution < 1.29 is 8.42 Å². The highest BCUT2D eigenvalue weighted by atomic mass is 79.9. The molecule has 18 heavy (non-hydrogen) atoms. The summed E-state index contributed by atoms with van der Waals surface area (Å²) in [4.78, 5) is 0.356. The number of sulfonamides is 1. The Labute approximate surface area is 122 Å². The maximum atomic E-state index is 12.3. The molecule has 102 valence electrons. The molecule has 1 heterocycles. The summed E-state index contributed by atoms with van der Waals surface area (Å²) in [5.41, 5.74) is 0. The molecular formula is C11H16BrClN2O2S. The normalized spacial score (nSPS) is 21.3. The number of nitrogens with zero attached hydrogens (tertiary/aromatic N) is 1. The largest absolute Gasteiger partial charge is 0.312 e. The Balaban J connectivity index is 0.00000162. The molecule has 0 saturated carbocycles. The summed E-state index contributed by atoms with van der Waals surface area (Å²) in [7, 11) is -3.34. The van der Waals surface area contributed by atoms with Gasteiger partial charge in [-0.1, -0.05) is 15.9 Å². The van der Waals surface area contributed by atoms with E-state index in [1.54, 1.807) is 24.3 Å². The molecule has 0 bridgehead atoms. The third kappa shape index (κ3) is 3.45. The Hall–Kier alpha value is -0.140. The van der Waals surface area contributed by atoms with Crippen LogP contribution >= 0.6 is 28.3 Å². The number of halogens is 2. The van der Waals surface area contributed by atoms with Crippen LogP contribution in [0.3, 0.4) is 0 Å². The third-order valence-corrected chi connectivity index (χ3v) is 5.19. The van der Waals surface area contributed by atoms with E-state index in [9.17, 15) is 8.42 Å². The van der Waals surface area contributed by atoms with E-state index in [-0.39, 0.29) is 18.4 Å². The van der Waals surface area contributed by atoms with Crippen molar-refractivity contribution in [3.63, 3.8) is 0 Å². The average molecular weight is 356 g/mol. The number of benzene rings is 1. The Bertz CT molecular complexity index is 492. The molecule has 0 radical (unpaired) electrons. The second-order valence-electron chi connectivity index (χ2n) is 4.17. The van der Waals surface area contributed by atoms with Crippen LogP contribution < -0.4 is 5.32 Å². The van der Waals surface area contributed by atoms with Crippen molar-refractivity contribution in [2.24, 2.45) is 0 Å². The lowest BCUT2D eigenvalue weighted by atomic mass is 10.3. The molecule has 0 unspecified atom stereocenters. The summed E-state index contributed by atoms with van der Waals surface area (Å²) in [5.74, 6) is 0. The molecule has 1 saturated heterocycles. The van der Waals surface area contributed by atoms with Gasteiger partial charge in [-0.3, -0.25) is 0 Å². The number of hydrogen-bond acceptors (Lipinski definition) is 3. The average Bonchev–Trinajstić information content (AvgIpc) is 2.29. The van der Waals surface area contributed by atoms with Crippen LogP contribution in [0.2, 0.25) is 0 Å². The predicted octanol–water partition coefficient (Wildman–Crippen LogP) is 1.85.